The molecule has 2 rings (SSSR count). The first kappa shape index (κ1) is 13.2. The van der Waals surface area contributed by atoms with E-state index < -0.39 is 12.0 Å². The molecule has 0 heterocycles. The van der Waals surface area contributed by atoms with Crippen LogP contribution in [0, 0.1) is 17.8 Å². The second-order valence-electron chi connectivity index (χ2n) is 5.82. The predicted octanol–water partition coefficient (Wildman–Crippen LogP) is 1.54. The number of hydrogen-bond donors (Lipinski definition) is 2. The molecule has 2 amide bonds. The van der Waals surface area contributed by atoms with E-state index in [9.17, 15) is 9.59 Å². The molecule has 0 aromatic carbocycles. The summed E-state index contributed by atoms with van der Waals surface area (Å²) in [5.41, 5.74) is 0. The van der Waals surface area contributed by atoms with Gasteiger partial charge >= 0.3 is 12.0 Å². The fourth-order valence-electron chi connectivity index (χ4n) is 3.39. The maximum Gasteiger partial charge on any atom is 0.325 e. The van der Waals surface area contributed by atoms with Gasteiger partial charge in [-0.25, -0.2) is 4.79 Å². The van der Waals surface area contributed by atoms with Gasteiger partial charge in [0.05, 0.1) is 0 Å². The van der Waals surface area contributed by atoms with Gasteiger partial charge in [-0.3, -0.25) is 4.79 Å². The molecule has 0 saturated heterocycles. The zero-order valence-electron chi connectivity index (χ0n) is 11.1. The van der Waals surface area contributed by atoms with Crippen molar-refractivity contribution in [2.75, 3.05) is 13.6 Å². The highest BCUT2D eigenvalue weighted by Gasteiger charge is 2.40. The average molecular weight is 254 g/mol. The molecule has 3 unspecified atom stereocenters. The maximum absolute atomic E-state index is 11.8. The Morgan fingerprint density at radius 2 is 2.11 bits per heavy atom. The van der Waals surface area contributed by atoms with Gasteiger partial charge in [0.15, 0.2) is 0 Å². The summed E-state index contributed by atoms with van der Waals surface area (Å²) < 4.78 is 0. The highest BCUT2D eigenvalue weighted by Crippen LogP contribution is 2.48. The Bertz CT molecular complexity index is 345. The molecular weight excluding hydrogens is 232 g/mol. The van der Waals surface area contributed by atoms with Crippen LogP contribution in [0.1, 0.15) is 32.6 Å². The molecule has 2 saturated carbocycles. The number of amides is 2. The van der Waals surface area contributed by atoms with Crippen LogP contribution < -0.4 is 5.32 Å². The Kier molecular flexibility index (Phi) is 3.78. The Morgan fingerprint density at radius 1 is 1.39 bits per heavy atom. The summed E-state index contributed by atoms with van der Waals surface area (Å²) in [4.78, 5) is 24.1. The van der Waals surface area contributed by atoms with E-state index in [0.717, 1.165) is 18.4 Å². The van der Waals surface area contributed by atoms with Crippen LogP contribution in [0.5, 0.6) is 0 Å². The zero-order chi connectivity index (χ0) is 13.3. The molecule has 2 aliphatic rings. The SMILES string of the molecule is C[C@@H](NC(=O)N(C)CC1CC2CCC1C2)C(=O)O. The van der Waals surface area contributed by atoms with Crippen molar-refractivity contribution in [2.45, 2.75) is 38.6 Å². The minimum Gasteiger partial charge on any atom is -0.480 e. The Morgan fingerprint density at radius 3 is 2.61 bits per heavy atom. The number of carboxylic acid groups (broad SMARTS) is 1. The van der Waals surface area contributed by atoms with Gasteiger partial charge in [-0.1, -0.05) is 6.42 Å². The molecule has 2 bridgehead atoms. The Hall–Kier alpha value is -1.26. The number of aliphatic carboxylic acids is 1. The highest BCUT2D eigenvalue weighted by molar-refractivity contribution is 5.82. The van der Waals surface area contributed by atoms with Crippen molar-refractivity contribution in [3.8, 4) is 0 Å². The van der Waals surface area contributed by atoms with Crippen molar-refractivity contribution in [1.29, 1.82) is 0 Å². The molecule has 2 aliphatic carbocycles. The first-order valence-electron chi connectivity index (χ1n) is 6.71. The normalized spacial score (nSPS) is 31.1. The molecule has 0 aromatic heterocycles. The van der Waals surface area contributed by atoms with Gasteiger partial charge in [-0.05, 0) is 43.9 Å². The van der Waals surface area contributed by atoms with E-state index in [2.05, 4.69) is 5.32 Å². The summed E-state index contributed by atoms with van der Waals surface area (Å²) in [5, 5.41) is 11.2. The second-order valence-corrected chi connectivity index (χ2v) is 5.82. The summed E-state index contributed by atoms with van der Waals surface area (Å²) >= 11 is 0. The summed E-state index contributed by atoms with van der Waals surface area (Å²) in [6, 6.07) is -1.12. The molecule has 0 aromatic rings. The maximum atomic E-state index is 11.8. The van der Waals surface area contributed by atoms with Gasteiger partial charge in [-0.15, -0.1) is 0 Å². The van der Waals surface area contributed by atoms with Crippen molar-refractivity contribution in [3.63, 3.8) is 0 Å². The molecule has 18 heavy (non-hydrogen) atoms. The lowest BCUT2D eigenvalue weighted by Crippen LogP contribution is -2.46. The first-order valence-corrected chi connectivity index (χ1v) is 6.71. The van der Waals surface area contributed by atoms with E-state index in [0.29, 0.717) is 5.92 Å². The van der Waals surface area contributed by atoms with Crippen LogP contribution in [0.25, 0.3) is 0 Å². The quantitative estimate of drug-likeness (QED) is 0.799. The van der Waals surface area contributed by atoms with Crippen molar-refractivity contribution < 1.29 is 14.7 Å². The van der Waals surface area contributed by atoms with E-state index in [1.807, 2.05) is 0 Å². The fraction of sp³-hybridized carbons (Fsp3) is 0.846. The number of urea groups is 1. The van der Waals surface area contributed by atoms with Crippen molar-refractivity contribution >= 4 is 12.0 Å². The molecule has 2 N–H and O–H groups in total. The largest absolute Gasteiger partial charge is 0.480 e. The third-order valence-electron chi connectivity index (χ3n) is 4.45. The standard InChI is InChI=1S/C13H22N2O3/c1-8(12(16)17)14-13(18)15(2)7-11-6-9-3-4-10(11)5-9/h8-11H,3-7H2,1-2H3,(H,14,18)(H,16,17)/t8-,9?,10?,11?/m1/s1. The Labute approximate surface area is 108 Å². The lowest BCUT2D eigenvalue weighted by atomic mass is 9.88. The van der Waals surface area contributed by atoms with Crippen LogP contribution in [0.4, 0.5) is 4.79 Å². The molecule has 0 spiro atoms. The Balaban J connectivity index is 1.79. The van der Waals surface area contributed by atoms with Crippen LogP contribution >= 0.6 is 0 Å². The molecule has 0 aliphatic heterocycles. The number of carbonyl (C=O) groups excluding carboxylic acids is 1. The van der Waals surface area contributed by atoms with Gasteiger partial charge in [0.2, 0.25) is 0 Å². The van der Waals surface area contributed by atoms with Crippen LogP contribution in [0.3, 0.4) is 0 Å². The topological polar surface area (TPSA) is 69.6 Å². The second kappa shape index (κ2) is 5.16. The van der Waals surface area contributed by atoms with E-state index >= 15 is 0 Å². The van der Waals surface area contributed by atoms with E-state index in [1.165, 1.54) is 32.6 Å². The molecule has 4 atom stereocenters. The van der Waals surface area contributed by atoms with Gasteiger partial charge in [0, 0.05) is 13.6 Å². The fourth-order valence-corrected chi connectivity index (χ4v) is 3.39. The number of fused-ring (bicyclic) bond motifs is 2. The number of rotatable bonds is 4. The average Bonchev–Trinajstić information content (AvgIpc) is 2.90. The molecule has 0 radical (unpaired) electrons. The van der Waals surface area contributed by atoms with Crippen molar-refractivity contribution in [3.05, 3.63) is 0 Å². The number of nitrogens with zero attached hydrogens (tertiary/aromatic N) is 1. The van der Waals surface area contributed by atoms with E-state index in [4.69, 9.17) is 5.11 Å². The van der Waals surface area contributed by atoms with Crippen LogP contribution in [0.15, 0.2) is 0 Å². The summed E-state index contributed by atoms with van der Waals surface area (Å²) in [7, 11) is 1.75. The zero-order valence-corrected chi connectivity index (χ0v) is 11.1. The molecule has 2 fully saturated rings. The van der Waals surface area contributed by atoms with E-state index in [1.54, 1.807) is 11.9 Å². The van der Waals surface area contributed by atoms with Crippen LogP contribution in [-0.2, 0) is 4.79 Å². The van der Waals surface area contributed by atoms with Gasteiger partial charge in [0.1, 0.15) is 6.04 Å². The molecule has 5 nitrogen and oxygen atoms in total. The molecular formula is C13H22N2O3. The van der Waals surface area contributed by atoms with Crippen molar-refractivity contribution in [1.82, 2.24) is 10.2 Å². The van der Waals surface area contributed by atoms with Crippen molar-refractivity contribution in [2.24, 2.45) is 17.8 Å². The van der Waals surface area contributed by atoms with Crippen LogP contribution in [0.2, 0.25) is 0 Å². The minimum absolute atomic E-state index is 0.285. The van der Waals surface area contributed by atoms with E-state index in [-0.39, 0.29) is 6.03 Å². The molecule has 102 valence electrons. The number of nitrogens with one attached hydrogen (secondary N) is 1. The van der Waals surface area contributed by atoms with Gasteiger partial charge < -0.3 is 15.3 Å². The van der Waals surface area contributed by atoms with Crippen LogP contribution in [-0.4, -0.2) is 41.6 Å². The van der Waals surface area contributed by atoms with Gasteiger partial charge in [-0.2, -0.15) is 0 Å². The minimum atomic E-state index is -1.00. The predicted molar refractivity (Wildman–Crippen MR) is 67.2 cm³/mol. The first-order chi connectivity index (χ1) is 8.47. The number of carbonyl (C=O) groups is 2. The summed E-state index contributed by atoms with van der Waals surface area (Å²) in [6.45, 7) is 2.23. The summed E-state index contributed by atoms with van der Waals surface area (Å²) in [6.07, 6.45) is 5.21. The number of carboxylic acids is 1. The van der Waals surface area contributed by atoms with Gasteiger partial charge in [0.25, 0.3) is 0 Å². The molecule has 5 heteroatoms. The lowest BCUT2D eigenvalue weighted by Gasteiger charge is -2.27. The highest BCUT2D eigenvalue weighted by atomic mass is 16.4. The monoisotopic (exact) mass is 254 g/mol. The number of hydrogen-bond acceptors (Lipinski definition) is 2. The summed E-state index contributed by atoms with van der Waals surface area (Å²) in [5.74, 6) is 1.26. The third-order valence-corrected chi connectivity index (χ3v) is 4.45. The third kappa shape index (κ3) is 2.76. The lowest BCUT2D eigenvalue weighted by molar-refractivity contribution is -0.138. The smallest absolute Gasteiger partial charge is 0.325 e.